The van der Waals surface area contributed by atoms with Gasteiger partial charge in [0.2, 0.25) is 0 Å². The van der Waals surface area contributed by atoms with Crippen molar-refractivity contribution in [1.82, 2.24) is 4.90 Å². The van der Waals surface area contributed by atoms with E-state index >= 15 is 0 Å². The quantitative estimate of drug-likeness (QED) is 0.788. The van der Waals surface area contributed by atoms with Gasteiger partial charge in [0.1, 0.15) is 5.75 Å². The predicted octanol–water partition coefficient (Wildman–Crippen LogP) is 4.19. The SMILES string of the molecule is CCOc1ccc(/C=C2\SC(=O)N(CNc3ccccc3)C2=O)cc1. The van der Waals surface area contributed by atoms with Crippen LogP contribution in [0.2, 0.25) is 0 Å². The van der Waals surface area contributed by atoms with Crippen LogP contribution in [0.1, 0.15) is 12.5 Å². The van der Waals surface area contributed by atoms with E-state index in [1.807, 2.05) is 61.5 Å². The van der Waals surface area contributed by atoms with Crippen molar-refractivity contribution in [3.05, 3.63) is 65.1 Å². The van der Waals surface area contributed by atoms with Gasteiger partial charge in [-0.2, -0.15) is 0 Å². The van der Waals surface area contributed by atoms with Crippen LogP contribution in [-0.4, -0.2) is 29.3 Å². The number of carbonyl (C=O) groups excluding carboxylic acids is 2. The highest BCUT2D eigenvalue weighted by atomic mass is 32.2. The summed E-state index contributed by atoms with van der Waals surface area (Å²) < 4.78 is 5.40. The topological polar surface area (TPSA) is 58.6 Å². The van der Waals surface area contributed by atoms with Gasteiger partial charge in [0.15, 0.2) is 0 Å². The Morgan fingerprint density at radius 1 is 1.08 bits per heavy atom. The molecule has 0 aromatic heterocycles. The number of thioether (sulfide) groups is 1. The maximum absolute atomic E-state index is 12.5. The number of para-hydroxylation sites is 1. The van der Waals surface area contributed by atoms with Gasteiger partial charge in [0.25, 0.3) is 11.1 Å². The van der Waals surface area contributed by atoms with E-state index in [2.05, 4.69) is 5.32 Å². The summed E-state index contributed by atoms with van der Waals surface area (Å²) in [5.41, 5.74) is 1.71. The van der Waals surface area contributed by atoms with Crippen molar-refractivity contribution in [2.24, 2.45) is 0 Å². The molecule has 1 N–H and O–H groups in total. The minimum absolute atomic E-state index is 0.148. The van der Waals surface area contributed by atoms with Crippen molar-refractivity contribution in [1.29, 1.82) is 0 Å². The first-order chi connectivity index (χ1) is 12.2. The largest absolute Gasteiger partial charge is 0.494 e. The fourth-order valence-corrected chi connectivity index (χ4v) is 3.18. The third-order valence-electron chi connectivity index (χ3n) is 3.58. The predicted molar refractivity (Wildman–Crippen MR) is 100 cm³/mol. The number of nitrogens with one attached hydrogen (secondary N) is 1. The Morgan fingerprint density at radius 2 is 1.80 bits per heavy atom. The molecule has 5 nitrogen and oxygen atoms in total. The molecule has 0 bridgehead atoms. The molecule has 25 heavy (non-hydrogen) atoms. The van der Waals surface area contributed by atoms with Crippen LogP contribution in [0, 0.1) is 0 Å². The molecule has 1 aliphatic rings. The van der Waals surface area contributed by atoms with Gasteiger partial charge in [-0.15, -0.1) is 0 Å². The summed E-state index contributed by atoms with van der Waals surface area (Å²) in [6.45, 7) is 2.68. The van der Waals surface area contributed by atoms with Crippen LogP contribution in [0.15, 0.2) is 59.5 Å². The number of nitrogens with zero attached hydrogens (tertiary/aromatic N) is 1. The lowest BCUT2D eigenvalue weighted by Gasteiger charge is -2.14. The van der Waals surface area contributed by atoms with Gasteiger partial charge in [-0.3, -0.25) is 14.5 Å². The lowest BCUT2D eigenvalue weighted by molar-refractivity contribution is -0.122. The normalized spacial score (nSPS) is 15.7. The fourth-order valence-electron chi connectivity index (χ4n) is 2.34. The number of hydrogen-bond acceptors (Lipinski definition) is 5. The van der Waals surface area contributed by atoms with E-state index in [1.54, 1.807) is 6.08 Å². The van der Waals surface area contributed by atoms with Crippen LogP contribution in [0.3, 0.4) is 0 Å². The van der Waals surface area contributed by atoms with Gasteiger partial charge in [0.05, 0.1) is 18.2 Å². The lowest BCUT2D eigenvalue weighted by atomic mass is 10.2. The zero-order valence-electron chi connectivity index (χ0n) is 13.8. The number of amides is 2. The molecule has 128 valence electrons. The molecular formula is C19H18N2O3S. The zero-order valence-corrected chi connectivity index (χ0v) is 14.6. The maximum Gasteiger partial charge on any atom is 0.295 e. The maximum atomic E-state index is 12.5. The van der Waals surface area contributed by atoms with Gasteiger partial charge >= 0.3 is 0 Å². The number of benzene rings is 2. The highest BCUT2D eigenvalue weighted by molar-refractivity contribution is 8.18. The molecular weight excluding hydrogens is 336 g/mol. The molecule has 0 unspecified atom stereocenters. The molecule has 2 aromatic carbocycles. The minimum Gasteiger partial charge on any atom is -0.494 e. The average molecular weight is 354 g/mol. The molecule has 0 saturated carbocycles. The molecule has 0 atom stereocenters. The smallest absolute Gasteiger partial charge is 0.295 e. The van der Waals surface area contributed by atoms with Crippen LogP contribution < -0.4 is 10.1 Å². The minimum atomic E-state index is -0.285. The Kier molecular flexibility index (Phi) is 5.40. The van der Waals surface area contributed by atoms with E-state index in [4.69, 9.17) is 4.74 Å². The Bertz CT molecular complexity index is 788. The summed E-state index contributed by atoms with van der Waals surface area (Å²) in [4.78, 5) is 26.2. The molecule has 0 radical (unpaired) electrons. The third-order valence-corrected chi connectivity index (χ3v) is 4.48. The highest BCUT2D eigenvalue weighted by Crippen LogP contribution is 2.32. The Hall–Kier alpha value is -2.73. The number of carbonyl (C=O) groups is 2. The molecule has 0 spiro atoms. The number of anilines is 1. The highest BCUT2D eigenvalue weighted by Gasteiger charge is 2.34. The molecule has 1 heterocycles. The molecule has 2 aromatic rings. The van der Waals surface area contributed by atoms with Crippen LogP contribution >= 0.6 is 11.8 Å². The van der Waals surface area contributed by atoms with Gasteiger partial charge < -0.3 is 10.1 Å². The van der Waals surface area contributed by atoms with E-state index in [9.17, 15) is 9.59 Å². The van der Waals surface area contributed by atoms with E-state index in [1.165, 1.54) is 4.90 Å². The Labute approximate surface area is 150 Å². The Balaban J connectivity index is 1.67. The van der Waals surface area contributed by atoms with E-state index in [0.29, 0.717) is 11.5 Å². The molecule has 1 aliphatic heterocycles. The average Bonchev–Trinajstić information content (AvgIpc) is 2.89. The first-order valence-corrected chi connectivity index (χ1v) is 8.76. The van der Waals surface area contributed by atoms with Crippen LogP contribution in [0.4, 0.5) is 10.5 Å². The molecule has 1 saturated heterocycles. The van der Waals surface area contributed by atoms with Gasteiger partial charge in [0, 0.05) is 5.69 Å². The molecule has 2 amide bonds. The molecule has 1 fully saturated rings. The summed E-state index contributed by atoms with van der Waals surface area (Å²) in [6, 6.07) is 16.9. The second kappa shape index (κ2) is 7.90. The summed E-state index contributed by atoms with van der Waals surface area (Å²) >= 11 is 0.954. The summed E-state index contributed by atoms with van der Waals surface area (Å²) in [5, 5.41) is 2.81. The van der Waals surface area contributed by atoms with E-state index in [0.717, 1.165) is 28.8 Å². The van der Waals surface area contributed by atoms with Crippen LogP contribution in [-0.2, 0) is 4.79 Å². The van der Waals surface area contributed by atoms with Gasteiger partial charge in [-0.25, -0.2) is 0 Å². The number of imide groups is 1. The van der Waals surface area contributed by atoms with Crippen LogP contribution in [0.25, 0.3) is 6.08 Å². The van der Waals surface area contributed by atoms with Crippen molar-refractivity contribution in [3.63, 3.8) is 0 Å². The first kappa shape index (κ1) is 17.1. The number of ether oxygens (including phenoxy) is 1. The van der Waals surface area contributed by atoms with Gasteiger partial charge in [-0.1, -0.05) is 30.3 Å². The summed E-state index contributed by atoms with van der Waals surface area (Å²) in [7, 11) is 0. The van der Waals surface area contributed by atoms with Crippen molar-refractivity contribution in [2.75, 3.05) is 18.6 Å². The third kappa shape index (κ3) is 4.22. The first-order valence-electron chi connectivity index (χ1n) is 7.94. The van der Waals surface area contributed by atoms with E-state index < -0.39 is 0 Å². The number of rotatable bonds is 6. The standard InChI is InChI=1S/C19H18N2O3S/c1-2-24-16-10-8-14(9-11-16)12-17-18(22)21(19(23)25-17)13-20-15-6-4-3-5-7-15/h3-12,20H,2,13H2,1H3/b17-12-. The Morgan fingerprint density at radius 3 is 2.48 bits per heavy atom. The van der Waals surface area contributed by atoms with Crippen molar-refractivity contribution >= 4 is 34.7 Å². The lowest BCUT2D eigenvalue weighted by Crippen LogP contribution is -2.33. The molecule has 3 rings (SSSR count). The molecule has 0 aliphatic carbocycles. The van der Waals surface area contributed by atoms with Crippen molar-refractivity contribution < 1.29 is 14.3 Å². The zero-order chi connectivity index (χ0) is 17.6. The monoisotopic (exact) mass is 354 g/mol. The van der Waals surface area contributed by atoms with Crippen molar-refractivity contribution in [3.8, 4) is 5.75 Å². The second-order valence-corrected chi connectivity index (χ2v) is 6.31. The fraction of sp³-hybridized carbons (Fsp3) is 0.158. The number of hydrogen-bond donors (Lipinski definition) is 1. The van der Waals surface area contributed by atoms with Gasteiger partial charge in [-0.05, 0) is 54.6 Å². The molecule has 6 heteroatoms. The van der Waals surface area contributed by atoms with Crippen LogP contribution in [0.5, 0.6) is 5.75 Å². The second-order valence-electron chi connectivity index (χ2n) is 5.31. The summed E-state index contributed by atoms with van der Waals surface area (Å²) in [5.74, 6) is 0.493. The van der Waals surface area contributed by atoms with E-state index in [-0.39, 0.29) is 17.8 Å². The summed E-state index contributed by atoms with van der Waals surface area (Å²) in [6.07, 6.45) is 1.73. The van der Waals surface area contributed by atoms with Crippen molar-refractivity contribution in [2.45, 2.75) is 6.92 Å².